The molecule has 0 bridgehead atoms. The highest BCUT2D eigenvalue weighted by Crippen LogP contribution is 2.48. The maximum atomic E-state index is 5.62. The summed E-state index contributed by atoms with van der Waals surface area (Å²) in [4.78, 5) is 4.22. The standard InChI is InChI=1S/C12H19N3O/c1-16-8-7-12(5-6-12)9-14-11-4-2-3-10(13)15-11/h2-4H,5-9H2,1H3,(H3,13,14,15). The van der Waals surface area contributed by atoms with Crippen molar-refractivity contribution in [3.63, 3.8) is 0 Å². The molecule has 4 nitrogen and oxygen atoms in total. The number of nitrogens with two attached hydrogens (primary N) is 1. The average molecular weight is 221 g/mol. The molecule has 16 heavy (non-hydrogen) atoms. The van der Waals surface area contributed by atoms with E-state index in [0.717, 1.165) is 25.4 Å². The first-order chi connectivity index (χ1) is 7.74. The Morgan fingerprint density at radius 3 is 2.94 bits per heavy atom. The van der Waals surface area contributed by atoms with Gasteiger partial charge in [0.1, 0.15) is 11.6 Å². The fraction of sp³-hybridized carbons (Fsp3) is 0.583. The minimum absolute atomic E-state index is 0.433. The lowest BCUT2D eigenvalue weighted by molar-refractivity contribution is 0.175. The van der Waals surface area contributed by atoms with Gasteiger partial charge in [0, 0.05) is 20.3 Å². The molecule has 2 rings (SSSR count). The molecule has 1 aromatic heterocycles. The molecule has 1 aromatic rings. The highest BCUT2D eigenvalue weighted by Gasteiger charge is 2.41. The molecule has 0 amide bonds. The number of hydrogen-bond donors (Lipinski definition) is 2. The zero-order chi connectivity index (χ0) is 11.4. The summed E-state index contributed by atoms with van der Waals surface area (Å²) in [7, 11) is 1.75. The molecule has 1 heterocycles. The van der Waals surface area contributed by atoms with Crippen molar-refractivity contribution in [2.75, 3.05) is 31.3 Å². The number of methoxy groups -OCH3 is 1. The zero-order valence-corrected chi connectivity index (χ0v) is 9.70. The van der Waals surface area contributed by atoms with Crippen molar-refractivity contribution in [2.24, 2.45) is 5.41 Å². The van der Waals surface area contributed by atoms with E-state index in [0.29, 0.717) is 11.2 Å². The molecular formula is C12H19N3O. The Hall–Kier alpha value is -1.29. The van der Waals surface area contributed by atoms with Crippen LogP contribution < -0.4 is 11.1 Å². The molecule has 0 aromatic carbocycles. The molecule has 0 unspecified atom stereocenters. The minimum atomic E-state index is 0.433. The lowest BCUT2D eigenvalue weighted by Gasteiger charge is -2.15. The van der Waals surface area contributed by atoms with E-state index in [1.165, 1.54) is 12.8 Å². The normalized spacial score (nSPS) is 17.1. The van der Waals surface area contributed by atoms with Crippen LogP contribution in [0.1, 0.15) is 19.3 Å². The van der Waals surface area contributed by atoms with Crippen LogP contribution in [-0.4, -0.2) is 25.2 Å². The second kappa shape index (κ2) is 4.70. The highest BCUT2D eigenvalue weighted by molar-refractivity contribution is 5.42. The number of nitrogen functional groups attached to an aromatic ring is 1. The van der Waals surface area contributed by atoms with E-state index in [2.05, 4.69) is 10.3 Å². The maximum absolute atomic E-state index is 5.62. The van der Waals surface area contributed by atoms with Crippen molar-refractivity contribution in [2.45, 2.75) is 19.3 Å². The molecule has 1 fully saturated rings. The van der Waals surface area contributed by atoms with Crippen LogP contribution in [0, 0.1) is 5.41 Å². The number of ether oxygens (including phenoxy) is 1. The number of nitrogens with one attached hydrogen (secondary N) is 1. The second-order valence-electron chi connectivity index (χ2n) is 4.54. The van der Waals surface area contributed by atoms with Crippen molar-refractivity contribution < 1.29 is 4.74 Å². The summed E-state index contributed by atoms with van der Waals surface area (Å²) in [6.07, 6.45) is 3.69. The smallest absolute Gasteiger partial charge is 0.128 e. The molecule has 0 atom stereocenters. The second-order valence-corrected chi connectivity index (χ2v) is 4.54. The topological polar surface area (TPSA) is 60.2 Å². The number of pyridine rings is 1. The largest absolute Gasteiger partial charge is 0.385 e. The lowest BCUT2D eigenvalue weighted by Crippen LogP contribution is -2.18. The summed E-state index contributed by atoms with van der Waals surface area (Å²) in [5.74, 6) is 1.43. The van der Waals surface area contributed by atoms with Gasteiger partial charge >= 0.3 is 0 Å². The average Bonchev–Trinajstić information content (AvgIpc) is 3.05. The highest BCUT2D eigenvalue weighted by atomic mass is 16.5. The predicted octanol–water partition coefficient (Wildman–Crippen LogP) is 1.89. The quantitative estimate of drug-likeness (QED) is 0.770. The Labute approximate surface area is 96.2 Å². The summed E-state index contributed by atoms with van der Waals surface area (Å²) in [6.45, 7) is 1.80. The van der Waals surface area contributed by atoms with Crippen LogP contribution in [0.25, 0.3) is 0 Å². The van der Waals surface area contributed by atoms with E-state index in [4.69, 9.17) is 10.5 Å². The number of anilines is 2. The van der Waals surface area contributed by atoms with Gasteiger partial charge in [0.25, 0.3) is 0 Å². The fourth-order valence-corrected chi connectivity index (χ4v) is 1.84. The Balaban J connectivity index is 1.83. The van der Waals surface area contributed by atoms with Crippen LogP contribution in [0.2, 0.25) is 0 Å². The number of aromatic nitrogens is 1. The van der Waals surface area contributed by atoms with Crippen LogP contribution in [0.5, 0.6) is 0 Å². The zero-order valence-electron chi connectivity index (χ0n) is 9.70. The van der Waals surface area contributed by atoms with Crippen LogP contribution in [0.4, 0.5) is 11.6 Å². The lowest BCUT2D eigenvalue weighted by atomic mass is 10.0. The van der Waals surface area contributed by atoms with Gasteiger partial charge in [-0.05, 0) is 36.8 Å². The molecule has 0 spiro atoms. The first-order valence-electron chi connectivity index (χ1n) is 5.69. The molecule has 1 saturated carbocycles. The van der Waals surface area contributed by atoms with Gasteiger partial charge in [-0.15, -0.1) is 0 Å². The molecule has 88 valence electrons. The minimum Gasteiger partial charge on any atom is -0.385 e. The van der Waals surface area contributed by atoms with Crippen molar-refractivity contribution in [1.29, 1.82) is 0 Å². The first-order valence-corrected chi connectivity index (χ1v) is 5.69. The van der Waals surface area contributed by atoms with Crippen LogP contribution in [0.3, 0.4) is 0 Å². The summed E-state index contributed by atoms with van der Waals surface area (Å²) < 4.78 is 5.13. The van der Waals surface area contributed by atoms with E-state index in [1.807, 2.05) is 12.1 Å². The van der Waals surface area contributed by atoms with E-state index in [1.54, 1.807) is 13.2 Å². The summed E-state index contributed by atoms with van der Waals surface area (Å²) >= 11 is 0. The Morgan fingerprint density at radius 2 is 2.31 bits per heavy atom. The molecule has 1 aliphatic rings. The van der Waals surface area contributed by atoms with Gasteiger partial charge in [-0.1, -0.05) is 6.07 Å². The van der Waals surface area contributed by atoms with E-state index in [-0.39, 0.29) is 0 Å². The summed E-state index contributed by atoms with van der Waals surface area (Å²) in [5, 5.41) is 3.35. The molecule has 1 aliphatic carbocycles. The number of nitrogens with zero attached hydrogens (tertiary/aromatic N) is 1. The van der Waals surface area contributed by atoms with Gasteiger partial charge in [0.2, 0.25) is 0 Å². The van der Waals surface area contributed by atoms with Gasteiger partial charge in [-0.25, -0.2) is 4.98 Å². The molecule has 0 radical (unpaired) electrons. The molecule has 0 aliphatic heterocycles. The van der Waals surface area contributed by atoms with E-state index >= 15 is 0 Å². The SMILES string of the molecule is COCCC1(CNc2cccc(N)n2)CC1. The van der Waals surface area contributed by atoms with Crippen molar-refractivity contribution in [1.82, 2.24) is 4.98 Å². The van der Waals surface area contributed by atoms with Gasteiger partial charge in [0.05, 0.1) is 0 Å². The van der Waals surface area contributed by atoms with E-state index in [9.17, 15) is 0 Å². The molecule has 4 heteroatoms. The maximum Gasteiger partial charge on any atom is 0.128 e. The Morgan fingerprint density at radius 1 is 1.50 bits per heavy atom. The van der Waals surface area contributed by atoms with Crippen LogP contribution in [0.15, 0.2) is 18.2 Å². The number of rotatable bonds is 6. The Kier molecular flexibility index (Phi) is 3.29. The molecule has 0 saturated heterocycles. The van der Waals surface area contributed by atoms with E-state index < -0.39 is 0 Å². The first kappa shape index (κ1) is 11.2. The van der Waals surface area contributed by atoms with Crippen LogP contribution in [-0.2, 0) is 4.74 Å². The third kappa shape index (κ3) is 2.85. The number of hydrogen-bond acceptors (Lipinski definition) is 4. The van der Waals surface area contributed by atoms with Crippen LogP contribution >= 0.6 is 0 Å². The fourth-order valence-electron chi connectivity index (χ4n) is 1.84. The third-order valence-electron chi connectivity index (χ3n) is 3.21. The van der Waals surface area contributed by atoms with Crippen molar-refractivity contribution in [3.8, 4) is 0 Å². The predicted molar refractivity (Wildman–Crippen MR) is 65.3 cm³/mol. The molecule has 3 N–H and O–H groups in total. The Bertz CT molecular complexity index is 350. The summed E-state index contributed by atoms with van der Waals surface area (Å²) in [6, 6.07) is 5.66. The molecular weight excluding hydrogens is 202 g/mol. The van der Waals surface area contributed by atoms with Gasteiger partial charge in [0.15, 0.2) is 0 Å². The summed E-state index contributed by atoms with van der Waals surface area (Å²) in [5.41, 5.74) is 6.06. The van der Waals surface area contributed by atoms with Gasteiger partial charge in [-0.3, -0.25) is 0 Å². The van der Waals surface area contributed by atoms with Gasteiger partial charge < -0.3 is 15.8 Å². The monoisotopic (exact) mass is 221 g/mol. The van der Waals surface area contributed by atoms with Gasteiger partial charge in [-0.2, -0.15) is 0 Å². The van der Waals surface area contributed by atoms with Crippen molar-refractivity contribution in [3.05, 3.63) is 18.2 Å². The third-order valence-corrected chi connectivity index (χ3v) is 3.21. The van der Waals surface area contributed by atoms with Crippen molar-refractivity contribution >= 4 is 11.6 Å².